The standard InChI is InChI=1S/C6H12N2.C6H11N.CH4/c1-7-6-4-2-3-5-8-6;1-6-4-2-3-5-7-6;/h2-5H2,1H3,(H,7,8);2-5H2,1H3;1H4. The Balaban J connectivity index is 0.000000267. The molecule has 94 valence electrons. The van der Waals surface area contributed by atoms with E-state index < -0.39 is 0 Å². The van der Waals surface area contributed by atoms with Gasteiger partial charge in [0.2, 0.25) is 0 Å². The molecule has 0 aliphatic carbocycles. The quantitative estimate of drug-likeness (QED) is 0.676. The van der Waals surface area contributed by atoms with Crippen LogP contribution in [0.4, 0.5) is 0 Å². The van der Waals surface area contributed by atoms with E-state index in [-0.39, 0.29) is 7.43 Å². The van der Waals surface area contributed by atoms with Gasteiger partial charge in [-0.2, -0.15) is 0 Å². The molecular weight excluding hydrogens is 198 g/mol. The molecule has 1 saturated heterocycles. The van der Waals surface area contributed by atoms with Crippen molar-refractivity contribution in [1.82, 2.24) is 5.32 Å². The predicted octanol–water partition coefficient (Wildman–Crippen LogP) is 3.06. The van der Waals surface area contributed by atoms with Crippen molar-refractivity contribution in [3.8, 4) is 0 Å². The molecule has 0 atom stereocenters. The monoisotopic (exact) mass is 225 g/mol. The van der Waals surface area contributed by atoms with Crippen molar-refractivity contribution >= 4 is 11.5 Å². The van der Waals surface area contributed by atoms with Crippen molar-refractivity contribution < 1.29 is 0 Å². The van der Waals surface area contributed by atoms with Crippen LogP contribution in [0.15, 0.2) is 9.98 Å². The van der Waals surface area contributed by atoms with E-state index >= 15 is 0 Å². The molecule has 2 rings (SSSR count). The van der Waals surface area contributed by atoms with E-state index in [2.05, 4.69) is 22.2 Å². The minimum atomic E-state index is 0. The van der Waals surface area contributed by atoms with Crippen molar-refractivity contribution in [1.29, 1.82) is 0 Å². The predicted molar refractivity (Wildman–Crippen MR) is 73.8 cm³/mol. The van der Waals surface area contributed by atoms with Gasteiger partial charge in [0.15, 0.2) is 0 Å². The second-order valence-corrected chi connectivity index (χ2v) is 4.13. The topological polar surface area (TPSA) is 36.8 Å². The molecule has 0 aromatic rings. The van der Waals surface area contributed by atoms with Gasteiger partial charge in [0.25, 0.3) is 0 Å². The molecule has 3 heteroatoms. The molecule has 0 aromatic carbocycles. The number of nitrogens with one attached hydrogen (secondary N) is 1. The van der Waals surface area contributed by atoms with Gasteiger partial charge in [-0.15, -0.1) is 0 Å². The maximum absolute atomic E-state index is 4.25. The molecule has 0 spiro atoms. The molecule has 16 heavy (non-hydrogen) atoms. The number of piperidine rings is 1. The second-order valence-electron chi connectivity index (χ2n) is 4.13. The molecule has 0 bridgehead atoms. The third kappa shape index (κ3) is 6.59. The summed E-state index contributed by atoms with van der Waals surface area (Å²) in [6.07, 6.45) is 7.65. The maximum atomic E-state index is 4.25. The van der Waals surface area contributed by atoms with Gasteiger partial charge in [0.1, 0.15) is 0 Å². The van der Waals surface area contributed by atoms with E-state index in [0.717, 1.165) is 19.5 Å². The van der Waals surface area contributed by atoms with Crippen LogP contribution in [-0.2, 0) is 0 Å². The molecule has 1 fully saturated rings. The normalized spacial score (nSPS) is 22.1. The first kappa shape index (κ1) is 15.1. The Morgan fingerprint density at radius 2 is 1.88 bits per heavy atom. The third-order valence-corrected chi connectivity index (χ3v) is 2.77. The first-order valence-corrected chi connectivity index (χ1v) is 6.02. The summed E-state index contributed by atoms with van der Waals surface area (Å²) in [4.78, 5) is 8.30. The zero-order chi connectivity index (χ0) is 10.9. The SMILES string of the molecule is C.CC1=NCCCC1.CN=C1CCCCN1. The molecule has 0 amide bonds. The van der Waals surface area contributed by atoms with Gasteiger partial charge in [-0.1, -0.05) is 7.43 Å². The Kier molecular flexibility index (Phi) is 8.87. The Hall–Kier alpha value is -0.860. The molecule has 1 N–H and O–H groups in total. The first-order valence-electron chi connectivity index (χ1n) is 6.02. The fourth-order valence-corrected chi connectivity index (χ4v) is 1.77. The number of hydrogen-bond donors (Lipinski definition) is 1. The minimum Gasteiger partial charge on any atom is -0.374 e. The Morgan fingerprint density at radius 1 is 1.12 bits per heavy atom. The molecule has 2 heterocycles. The van der Waals surface area contributed by atoms with Gasteiger partial charge in [-0.25, -0.2) is 0 Å². The molecule has 2 aliphatic rings. The van der Waals surface area contributed by atoms with Crippen molar-refractivity contribution in [3.05, 3.63) is 0 Å². The Morgan fingerprint density at radius 3 is 2.19 bits per heavy atom. The van der Waals surface area contributed by atoms with Crippen molar-refractivity contribution in [2.75, 3.05) is 20.1 Å². The van der Waals surface area contributed by atoms with Gasteiger partial charge in [0, 0.05) is 32.3 Å². The lowest BCUT2D eigenvalue weighted by molar-refractivity contribution is 0.668. The fourth-order valence-electron chi connectivity index (χ4n) is 1.77. The molecular formula is C13H27N3. The van der Waals surface area contributed by atoms with Crippen LogP contribution in [0, 0.1) is 0 Å². The smallest absolute Gasteiger partial charge is 0.0959 e. The first-order chi connectivity index (χ1) is 7.33. The zero-order valence-corrected chi connectivity index (χ0v) is 10.1. The van der Waals surface area contributed by atoms with E-state index in [1.54, 1.807) is 0 Å². The molecule has 0 aromatic heterocycles. The second kappa shape index (κ2) is 9.37. The van der Waals surface area contributed by atoms with Crippen LogP contribution in [0.2, 0.25) is 0 Å². The number of rotatable bonds is 0. The average molecular weight is 225 g/mol. The van der Waals surface area contributed by atoms with Crippen molar-refractivity contribution in [2.24, 2.45) is 9.98 Å². The maximum Gasteiger partial charge on any atom is 0.0959 e. The highest BCUT2D eigenvalue weighted by atomic mass is 15.0. The van der Waals surface area contributed by atoms with Crippen molar-refractivity contribution in [3.63, 3.8) is 0 Å². The third-order valence-electron chi connectivity index (χ3n) is 2.77. The Labute approximate surface area is 100 Å². The highest BCUT2D eigenvalue weighted by Crippen LogP contribution is 2.04. The van der Waals surface area contributed by atoms with E-state index in [1.807, 2.05) is 7.05 Å². The molecule has 0 radical (unpaired) electrons. The van der Waals surface area contributed by atoms with Crippen LogP contribution in [0.25, 0.3) is 0 Å². The van der Waals surface area contributed by atoms with Gasteiger partial charge < -0.3 is 5.32 Å². The zero-order valence-electron chi connectivity index (χ0n) is 10.1. The minimum absolute atomic E-state index is 0. The van der Waals surface area contributed by atoms with Gasteiger partial charge in [0.05, 0.1) is 5.84 Å². The van der Waals surface area contributed by atoms with Crippen LogP contribution in [0.5, 0.6) is 0 Å². The van der Waals surface area contributed by atoms with Crippen LogP contribution in [0.1, 0.15) is 52.9 Å². The average Bonchev–Trinajstić information content (AvgIpc) is 2.32. The lowest BCUT2D eigenvalue weighted by Gasteiger charge is -2.13. The number of amidine groups is 1. The largest absolute Gasteiger partial charge is 0.374 e. The number of aliphatic imine (C=N–C) groups is 2. The molecule has 3 nitrogen and oxygen atoms in total. The van der Waals surface area contributed by atoms with E-state index in [4.69, 9.17) is 0 Å². The van der Waals surface area contributed by atoms with Crippen LogP contribution in [0.3, 0.4) is 0 Å². The van der Waals surface area contributed by atoms with Crippen LogP contribution >= 0.6 is 0 Å². The fraction of sp³-hybridized carbons (Fsp3) is 0.846. The van der Waals surface area contributed by atoms with E-state index in [9.17, 15) is 0 Å². The lowest BCUT2D eigenvalue weighted by atomic mass is 10.1. The lowest BCUT2D eigenvalue weighted by Crippen LogP contribution is -2.28. The van der Waals surface area contributed by atoms with Crippen LogP contribution in [-0.4, -0.2) is 31.7 Å². The summed E-state index contributed by atoms with van der Waals surface area (Å²) in [5.41, 5.74) is 1.34. The highest BCUT2D eigenvalue weighted by Gasteiger charge is 2.02. The molecule has 2 aliphatic heterocycles. The summed E-state index contributed by atoms with van der Waals surface area (Å²) in [6.45, 7) is 4.30. The van der Waals surface area contributed by atoms with Crippen LogP contribution < -0.4 is 5.32 Å². The highest BCUT2D eigenvalue weighted by molar-refractivity contribution is 5.82. The summed E-state index contributed by atoms with van der Waals surface area (Å²) >= 11 is 0. The van der Waals surface area contributed by atoms with Gasteiger partial charge >= 0.3 is 0 Å². The summed E-state index contributed by atoms with van der Waals surface area (Å²) in [6, 6.07) is 0. The summed E-state index contributed by atoms with van der Waals surface area (Å²) in [7, 11) is 1.84. The van der Waals surface area contributed by atoms with Crippen molar-refractivity contribution in [2.45, 2.75) is 52.9 Å². The molecule has 0 saturated carbocycles. The molecule has 0 unspecified atom stereocenters. The number of nitrogens with zero attached hydrogens (tertiary/aromatic N) is 2. The van der Waals surface area contributed by atoms with E-state index in [1.165, 1.54) is 43.7 Å². The van der Waals surface area contributed by atoms with Gasteiger partial charge in [-0.05, 0) is 39.0 Å². The summed E-state index contributed by atoms with van der Waals surface area (Å²) in [5, 5.41) is 3.22. The summed E-state index contributed by atoms with van der Waals surface area (Å²) in [5.74, 6) is 1.18. The van der Waals surface area contributed by atoms with Gasteiger partial charge in [-0.3, -0.25) is 9.98 Å². The Bertz CT molecular complexity index is 223. The summed E-state index contributed by atoms with van der Waals surface area (Å²) < 4.78 is 0. The van der Waals surface area contributed by atoms with E-state index in [0.29, 0.717) is 0 Å². The number of hydrogen-bond acceptors (Lipinski definition) is 2.